The fourth-order valence-electron chi connectivity index (χ4n) is 20.0. The lowest BCUT2D eigenvalue weighted by Crippen LogP contribution is -2.46. The van der Waals surface area contributed by atoms with Gasteiger partial charge < -0.3 is 66.0 Å². The summed E-state index contributed by atoms with van der Waals surface area (Å²) in [6, 6.07) is 23.6. The van der Waals surface area contributed by atoms with E-state index in [1.807, 2.05) is 65.1 Å². The average Bonchev–Trinajstić information content (AvgIpc) is 1.14. The maximum absolute atomic E-state index is 12.7. The SMILES string of the molecule is C=CCc1nc2cc3c(cc2[n+]([O-])n1)CC(CC)C3.CCC1Cc2cc3nc(CCCN4CCOCC4)n[n+]([O-])c3cc2C1.CCC1Cc2cc3nc(CCCO)n[n+]([O-])c3cc2C1.CCC1Cc2cc3nc(I)n[n+]([O-])c3cc2C1.[O-][n+]1nc(CCCN2CCOCC2)[n+]([O-])c2cc3c(cc21)CC(CO)C3.[O-][n+]1nc(CCCN2CCOCC2)nc2cc3c(cc21)CC(CO)C3. The molecule has 21 rings (SSSR count). The molecule has 6 aromatic heterocycles. The van der Waals surface area contributed by atoms with E-state index in [1.165, 1.54) is 69.3 Å². The van der Waals surface area contributed by atoms with Gasteiger partial charge in [-0.25, -0.2) is 29.7 Å². The summed E-state index contributed by atoms with van der Waals surface area (Å²) in [6.45, 7) is 26.2. The summed E-state index contributed by atoms with van der Waals surface area (Å²) >= 11 is 1.97. The molecule has 12 aromatic rings. The second kappa shape index (κ2) is 44.2. The van der Waals surface area contributed by atoms with Crippen LogP contribution in [0.25, 0.3) is 66.2 Å². The van der Waals surface area contributed by atoms with Crippen LogP contribution in [0.5, 0.6) is 0 Å². The van der Waals surface area contributed by atoms with Gasteiger partial charge in [0.15, 0.2) is 17.5 Å². The minimum absolute atomic E-state index is 0.0859. The van der Waals surface area contributed by atoms with Gasteiger partial charge in [0.25, 0.3) is 31.4 Å². The largest absolute Gasteiger partial charge is 0.710 e. The number of hydrogen-bond donors (Lipinski definition) is 3. The molecule has 0 bridgehead atoms. The highest BCUT2D eigenvalue weighted by molar-refractivity contribution is 14.1. The Morgan fingerprint density at radius 2 is 0.606 bits per heavy atom. The molecule has 3 aliphatic heterocycles. The van der Waals surface area contributed by atoms with Gasteiger partial charge in [-0.05, 0) is 285 Å². The normalized spacial score (nSPS) is 19.6. The maximum atomic E-state index is 12.7. The second-order valence-corrected chi connectivity index (χ2v) is 37.7. The molecule has 35 heteroatoms. The Labute approximate surface area is 781 Å². The van der Waals surface area contributed by atoms with Gasteiger partial charge in [-0.15, -0.1) is 6.58 Å². The summed E-state index contributed by atoms with van der Waals surface area (Å²) in [5, 5.41) is 137. The van der Waals surface area contributed by atoms with Gasteiger partial charge in [0.2, 0.25) is 16.4 Å². The lowest BCUT2D eigenvalue weighted by atomic mass is 10.0. The van der Waals surface area contributed by atoms with E-state index in [2.05, 4.69) is 123 Å². The number of aryl methyl sites for hydroxylation is 4. The number of fused-ring (bicyclic) bond motifs is 12. The smallest absolute Gasteiger partial charge is 0.377 e. The van der Waals surface area contributed by atoms with Crippen molar-refractivity contribution in [1.29, 1.82) is 0 Å². The van der Waals surface area contributed by atoms with E-state index in [1.54, 1.807) is 18.2 Å². The molecule has 34 nitrogen and oxygen atoms in total. The summed E-state index contributed by atoms with van der Waals surface area (Å²) in [6.07, 6.45) is 24.5. The van der Waals surface area contributed by atoms with Crippen LogP contribution in [0.15, 0.2) is 85.5 Å². The number of ether oxygens (including phenoxy) is 3. The fraction of sp³-hybridized carbons (Fsp3) is 0.546. The Balaban J connectivity index is 0.000000116. The molecule has 700 valence electrons. The zero-order valence-electron chi connectivity index (χ0n) is 76.3. The second-order valence-electron chi connectivity index (χ2n) is 36.7. The van der Waals surface area contributed by atoms with E-state index >= 15 is 0 Å². The van der Waals surface area contributed by atoms with Gasteiger partial charge in [0, 0.05) is 169 Å². The summed E-state index contributed by atoms with van der Waals surface area (Å²) < 4.78 is 17.4. The van der Waals surface area contributed by atoms with Gasteiger partial charge in [-0.3, -0.25) is 14.7 Å². The first-order valence-corrected chi connectivity index (χ1v) is 48.6. The molecule has 9 heterocycles. The Hall–Kier alpha value is -10.4. The van der Waals surface area contributed by atoms with Crippen molar-refractivity contribution in [3.05, 3.63) is 222 Å². The molecule has 0 saturated carbocycles. The highest BCUT2D eigenvalue weighted by atomic mass is 127. The number of aliphatic hydroxyl groups is 3. The molecule has 3 saturated heterocycles. The number of halogens is 1. The summed E-state index contributed by atoms with van der Waals surface area (Å²) in [5.41, 5.74) is 22.1. The minimum atomic E-state index is 0.0859. The van der Waals surface area contributed by atoms with Crippen LogP contribution in [-0.2, 0) is 123 Å². The molecule has 0 radical (unpaired) electrons. The van der Waals surface area contributed by atoms with Crippen LogP contribution in [0.4, 0.5) is 0 Å². The van der Waals surface area contributed by atoms with E-state index in [9.17, 15) is 46.7 Å². The van der Waals surface area contributed by atoms with E-state index in [4.69, 9.17) is 19.3 Å². The number of rotatable bonds is 23. The van der Waals surface area contributed by atoms with Crippen LogP contribution in [0.3, 0.4) is 0 Å². The number of aromatic nitrogens is 18. The zero-order chi connectivity index (χ0) is 92.1. The van der Waals surface area contributed by atoms with E-state index in [0.717, 1.165) is 256 Å². The van der Waals surface area contributed by atoms with Gasteiger partial charge in [-0.2, -0.15) is 0 Å². The predicted molar refractivity (Wildman–Crippen MR) is 502 cm³/mol. The standard InChI is InChI=1S/C19H26N4O2.C18H24N4O4.C18H24N4O3.C15H19N3O2.C15H17N3O.C12H12IN3O/c1-2-14-10-15-12-17-18(13-16(15)11-14)23(24)21-19(20-17)4-3-5-22-6-8-25-9-7-22;23-12-13-8-14-10-16-17(11-15(14)9-13)22(25)19-18(21(16)24)2-1-3-20-4-6-26-7-5-20;23-12-13-8-14-10-16-17(11-15(14)9-13)22(24)20-18(19-16)2-1-3-21-4-6-25-7-5-21;1-2-10-6-11-8-13-14(9-12(11)7-10)18(20)17-15(16-13)4-3-5-19;1-3-5-15-16-13-8-11-6-10(4-2)7-12(11)9-14(13)18(19)17-15;1-2-7-3-8-5-10-11(6-9(8)4-7)16(17)15-12(13)14-10/h12-14H,2-11H2,1H3;10-11,13,23H,1-9,12H2;10-11,13,23H,1-9,12H2;8-10,19H,2-7H2,1H3;3,8-10H,1,4-7H2,2H3;5-7H,2-4H2,1H3. The molecule has 6 atom stereocenters. The molecule has 6 aromatic carbocycles. The molecule has 9 aliphatic rings. The summed E-state index contributed by atoms with van der Waals surface area (Å²) in [7, 11) is 0. The topological polar surface area (TPSA) is 428 Å². The first kappa shape index (κ1) is 94.8. The van der Waals surface area contributed by atoms with Crippen LogP contribution in [-0.4, -0.2) is 204 Å². The van der Waals surface area contributed by atoms with Crippen molar-refractivity contribution < 1.29 is 63.3 Å². The van der Waals surface area contributed by atoms with Gasteiger partial charge in [-0.1, -0.05) is 59.5 Å². The van der Waals surface area contributed by atoms with E-state index in [0.29, 0.717) is 151 Å². The van der Waals surface area contributed by atoms with Crippen LogP contribution in [0, 0.1) is 75.8 Å². The molecule has 132 heavy (non-hydrogen) atoms. The summed E-state index contributed by atoms with van der Waals surface area (Å²) in [5.74, 6) is 5.79. The van der Waals surface area contributed by atoms with E-state index < -0.39 is 0 Å². The highest BCUT2D eigenvalue weighted by Crippen LogP contribution is 2.37. The first-order chi connectivity index (χ1) is 64.2. The molecule has 3 N–H and O–H groups in total. The molecular weight excluding hydrogens is 1790 g/mol. The van der Waals surface area contributed by atoms with Crippen LogP contribution >= 0.6 is 22.6 Å². The van der Waals surface area contributed by atoms with Crippen LogP contribution < -0.4 is 33.8 Å². The lowest BCUT2D eigenvalue weighted by Gasteiger charge is -2.26. The summed E-state index contributed by atoms with van der Waals surface area (Å²) in [4.78, 5) is 33.7. The molecular formula is C97H122IN21O13. The number of aliphatic hydroxyl groups excluding tert-OH is 3. The molecule has 0 amide bonds. The van der Waals surface area contributed by atoms with Crippen molar-refractivity contribution in [2.24, 2.45) is 35.5 Å². The van der Waals surface area contributed by atoms with E-state index in [-0.39, 0.29) is 37.5 Å². The maximum Gasteiger partial charge on any atom is 0.377 e. The van der Waals surface area contributed by atoms with Crippen molar-refractivity contribution in [2.75, 3.05) is 118 Å². The Morgan fingerprint density at radius 1 is 0.341 bits per heavy atom. The van der Waals surface area contributed by atoms with Crippen molar-refractivity contribution in [1.82, 2.24) is 70.2 Å². The molecule has 6 aliphatic carbocycles. The average molecular weight is 1920 g/mol. The van der Waals surface area contributed by atoms with Gasteiger partial charge in [0.1, 0.15) is 27.6 Å². The van der Waals surface area contributed by atoms with Crippen LogP contribution in [0.1, 0.15) is 175 Å². The quantitative estimate of drug-likeness (QED) is 0.0257. The monoisotopic (exact) mass is 1920 g/mol. The third-order valence-electron chi connectivity index (χ3n) is 27.6. The fourth-order valence-corrected chi connectivity index (χ4v) is 20.5. The number of nitrogens with zero attached hydrogens (tertiary/aromatic N) is 21. The van der Waals surface area contributed by atoms with Crippen LogP contribution in [0.2, 0.25) is 0 Å². The van der Waals surface area contributed by atoms with Crippen molar-refractivity contribution in [3.63, 3.8) is 0 Å². The Bertz CT molecular complexity index is 5980. The molecule has 3 fully saturated rings. The highest BCUT2D eigenvalue weighted by Gasteiger charge is 2.33. The Kier molecular flexibility index (Phi) is 31.8. The molecule has 0 spiro atoms. The number of allylic oxidation sites excluding steroid dienone is 1. The number of hydrogen-bond acceptors (Lipinski definition) is 27. The van der Waals surface area contributed by atoms with Crippen molar-refractivity contribution >= 4 is 88.8 Å². The number of morpholine rings is 3. The zero-order valence-corrected chi connectivity index (χ0v) is 78.4. The first-order valence-electron chi connectivity index (χ1n) is 47.5. The Morgan fingerprint density at radius 3 is 0.924 bits per heavy atom. The predicted octanol–water partition coefficient (Wildman–Crippen LogP) is 6.78. The third-order valence-corrected chi connectivity index (χ3v) is 28.1. The number of benzene rings is 6. The lowest BCUT2D eigenvalue weighted by molar-refractivity contribution is -0.685. The van der Waals surface area contributed by atoms with Crippen molar-refractivity contribution in [2.45, 2.75) is 188 Å². The van der Waals surface area contributed by atoms with Crippen molar-refractivity contribution in [3.8, 4) is 0 Å². The minimum Gasteiger partial charge on any atom is -0.710 e. The van der Waals surface area contributed by atoms with Gasteiger partial charge >= 0.3 is 11.3 Å². The van der Waals surface area contributed by atoms with Gasteiger partial charge in [0.05, 0.1) is 50.9 Å². The third kappa shape index (κ3) is 23.0. The molecule has 6 unspecified atom stereocenters.